The molecule has 4 nitrogen and oxygen atoms in total. The third-order valence-corrected chi connectivity index (χ3v) is 4.72. The molecule has 0 aliphatic carbocycles. The summed E-state index contributed by atoms with van der Waals surface area (Å²) in [6, 6.07) is 0. The molecule has 0 saturated carbocycles. The number of nitrogens with zero attached hydrogens (tertiary/aromatic N) is 2. The number of aryl methyl sites for hydroxylation is 1. The zero-order valence-electron chi connectivity index (χ0n) is 8.93. The van der Waals surface area contributed by atoms with Gasteiger partial charge in [-0.15, -0.1) is 0 Å². The molecule has 80 valence electrons. The molecule has 0 fully saturated rings. The number of hydrogen-bond donors (Lipinski definition) is 0. The highest BCUT2D eigenvalue weighted by molar-refractivity contribution is 7.92. The molecule has 1 aromatic heterocycles. The molecule has 1 rings (SSSR count). The van der Waals surface area contributed by atoms with Crippen molar-refractivity contribution in [2.75, 3.05) is 0 Å². The maximum Gasteiger partial charge on any atom is 0.199 e. The van der Waals surface area contributed by atoms with Gasteiger partial charge in [0.1, 0.15) is 0 Å². The normalized spacial score (nSPS) is 14.6. The van der Waals surface area contributed by atoms with E-state index in [4.69, 9.17) is 0 Å². The number of aromatic nitrogens is 2. The third-order valence-electron chi connectivity index (χ3n) is 2.40. The number of rotatable bonds is 3. The first-order valence-electron chi connectivity index (χ1n) is 4.57. The third kappa shape index (κ3) is 1.97. The number of sulfone groups is 1. The van der Waals surface area contributed by atoms with Crippen LogP contribution in [0, 0.1) is 5.92 Å². The van der Waals surface area contributed by atoms with Crippen molar-refractivity contribution in [3.8, 4) is 0 Å². The Morgan fingerprint density at radius 2 is 1.93 bits per heavy atom. The fraction of sp³-hybridized carbons (Fsp3) is 0.667. The van der Waals surface area contributed by atoms with Gasteiger partial charge in [0.25, 0.3) is 0 Å². The monoisotopic (exact) mass is 216 g/mol. The predicted molar refractivity (Wildman–Crippen MR) is 54.7 cm³/mol. The molecule has 0 aliphatic rings. The van der Waals surface area contributed by atoms with Gasteiger partial charge in [-0.3, -0.25) is 0 Å². The minimum Gasteiger partial charge on any atom is -0.339 e. The van der Waals surface area contributed by atoms with Crippen molar-refractivity contribution in [1.29, 1.82) is 0 Å². The maximum absolute atomic E-state index is 11.9. The van der Waals surface area contributed by atoms with Gasteiger partial charge in [0, 0.05) is 13.2 Å². The zero-order valence-corrected chi connectivity index (χ0v) is 9.75. The van der Waals surface area contributed by atoms with Gasteiger partial charge in [-0.25, -0.2) is 13.4 Å². The van der Waals surface area contributed by atoms with E-state index in [1.54, 1.807) is 18.5 Å². The van der Waals surface area contributed by atoms with Crippen LogP contribution in [0.15, 0.2) is 17.6 Å². The lowest BCUT2D eigenvalue weighted by molar-refractivity contribution is 0.543. The van der Waals surface area contributed by atoms with Crippen molar-refractivity contribution < 1.29 is 8.42 Å². The van der Waals surface area contributed by atoms with Gasteiger partial charge in [-0.1, -0.05) is 13.8 Å². The molecule has 14 heavy (non-hydrogen) atoms. The molecule has 5 heteroatoms. The topological polar surface area (TPSA) is 52.0 Å². The highest BCUT2D eigenvalue weighted by Crippen LogP contribution is 2.19. The summed E-state index contributed by atoms with van der Waals surface area (Å²) in [4.78, 5) is 3.87. The van der Waals surface area contributed by atoms with Crippen molar-refractivity contribution in [3.63, 3.8) is 0 Å². The minimum absolute atomic E-state index is 0.0991. The van der Waals surface area contributed by atoms with E-state index in [0.717, 1.165) is 0 Å². The van der Waals surface area contributed by atoms with E-state index in [1.807, 2.05) is 13.8 Å². The van der Waals surface area contributed by atoms with Crippen LogP contribution in [0.25, 0.3) is 0 Å². The van der Waals surface area contributed by atoms with E-state index < -0.39 is 15.1 Å². The second kappa shape index (κ2) is 3.73. The highest BCUT2D eigenvalue weighted by Gasteiger charge is 2.27. The summed E-state index contributed by atoms with van der Waals surface area (Å²) in [6.45, 7) is 5.50. The van der Waals surface area contributed by atoms with Gasteiger partial charge < -0.3 is 4.57 Å². The number of hydrogen-bond acceptors (Lipinski definition) is 3. The van der Waals surface area contributed by atoms with Gasteiger partial charge in [-0.05, 0) is 12.8 Å². The molecule has 0 aliphatic heterocycles. The molecule has 0 radical (unpaired) electrons. The van der Waals surface area contributed by atoms with Crippen LogP contribution in [0.1, 0.15) is 20.8 Å². The Bertz CT molecular complexity index is 406. The Hall–Kier alpha value is -0.840. The van der Waals surface area contributed by atoms with Crippen molar-refractivity contribution >= 4 is 9.84 Å². The molecule has 0 bridgehead atoms. The second-order valence-corrected chi connectivity index (χ2v) is 6.12. The van der Waals surface area contributed by atoms with E-state index in [9.17, 15) is 8.42 Å². The molecular weight excluding hydrogens is 200 g/mol. The lowest BCUT2D eigenvalue weighted by Gasteiger charge is -2.14. The molecule has 0 aromatic carbocycles. The Labute approximate surface area is 84.9 Å². The van der Waals surface area contributed by atoms with Crippen molar-refractivity contribution in [2.24, 2.45) is 13.0 Å². The molecule has 1 atom stereocenters. The Morgan fingerprint density at radius 3 is 2.29 bits per heavy atom. The number of imidazole rings is 1. The lowest BCUT2D eigenvalue weighted by atomic mass is 10.2. The van der Waals surface area contributed by atoms with Crippen LogP contribution in [0.5, 0.6) is 0 Å². The quantitative estimate of drug-likeness (QED) is 0.763. The van der Waals surface area contributed by atoms with Crippen molar-refractivity contribution in [1.82, 2.24) is 9.55 Å². The Morgan fingerprint density at radius 1 is 1.36 bits per heavy atom. The maximum atomic E-state index is 11.9. The fourth-order valence-electron chi connectivity index (χ4n) is 1.08. The Kier molecular flexibility index (Phi) is 2.99. The summed E-state index contributed by atoms with van der Waals surface area (Å²) in [6.07, 6.45) is 3.04. The van der Waals surface area contributed by atoms with Crippen LogP contribution in [0.4, 0.5) is 0 Å². The minimum atomic E-state index is -3.25. The van der Waals surface area contributed by atoms with Gasteiger partial charge in [-0.2, -0.15) is 0 Å². The van der Waals surface area contributed by atoms with Crippen LogP contribution >= 0.6 is 0 Å². The van der Waals surface area contributed by atoms with Crippen LogP contribution in [0.3, 0.4) is 0 Å². The summed E-state index contributed by atoms with van der Waals surface area (Å²) in [5.41, 5.74) is 0. The fourth-order valence-corrected chi connectivity index (χ4v) is 2.69. The molecule has 0 N–H and O–H groups in total. The van der Waals surface area contributed by atoms with Crippen LogP contribution < -0.4 is 0 Å². The zero-order chi connectivity index (χ0) is 10.9. The summed E-state index contributed by atoms with van der Waals surface area (Å²) in [5.74, 6) is 0.0991. The summed E-state index contributed by atoms with van der Waals surface area (Å²) in [7, 11) is -1.49. The SMILES string of the molecule is CC(C)C(C)S(=O)(=O)c1cn(C)cn1. The second-order valence-electron chi connectivity index (χ2n) is 3.87. The molecule has 1 aromatic rings. The van der Waals surface area contributed by atoms with Crippen LogP contribution in [-0.2, 0) is 16.9 Å². The van der Waals surface area contributed by atoms with Crippen molar-refractivity contribution in [2.45, 2.75) is 31.0 Å². The predicted octanol–water partition coefficient (Wildman–Crippen LogP) is 1.24. The molecule has 0 amide bonds. The average Bonchev–Trinajstić information content (AvgIpc) is 2.50. The molecule has 0 saturated heterocycles. The first kappa shape index (κ1) is 11.2. The van der Waals surface area contributed by atoms with E-state index in [0.29, 0.717) is 0 Å². The van der Waals surface area contributed by atoms with E-state index in [-0.39, 0.29) is 10.9 Å². The van der Waals surface area contributed by atoms with E-state index in [2.05, 4.69) is 4.98 Å². The van der Waals surface area contributed by atoms with E-state index in [1.165, 1.54) is 12.5 Å². The Balaban J connectivity index is 3.09. The van der Waals surface area contributed by atoms with Crippen LogP contribution in [0.2, 0.25) is 0 Å². The molecular formula is C9H16N2O2S. The largest absolute Gasteiger partial charge is 0.339 e. The van der Waals surface area contributed by atoms with Gasteiger partial charge in [0.05, 0.1) is 11.6 Å². The summed E-state index contributed by atoms with van der Waals surface area (Å²) in [5, 5.41) is -0.224. The molecule has 1 heterocycles. The summed E-state index contributed by atoms with van der Waals surface area (Å²) < 4.78 is 25.5. The van der Waals surface area contributed by atoms with Gasteiger partial charge in [0.2, 0.25) is 0 Å². The molecule has 0 spiro atoms. The molecule has 1 unspecified atom stereocenters. The van der Waals surface area contributed by atoms with Crippen molar-refractivity contribution in [3.05, 3.63) is 12.5 Å². The standard InChI is InChI=1S/C9H16N2O2S/c1-7(2)8(3)14(12,13)9-5-11(4)6-10-9/h5-8H,1-4H3. The summed E-state index contributed by atoms with van der Waals surface area (Å²) >= 11 is 0. The smallest absolute Gasteiger partial charge is 0.199 e. The van der Waals surface area contributed by atoms with Gasteiger partial charge >= 0.3 is 0 Å². The van der Waals surface area contributed by atoms with Gasteiger partial charge in [0.15, 0.2) is 14.9 Å². The first-order valence-corrected chi connectivity index (χ1v) is 6.12. The van der Waals surface area contributed by atoms with Crippen LogP contribution in [-0.4, -0.2) is 23.2 Å². The highest BCUT2D eigenvalue weighted by atomic mass is 32.2. The average molecular weight is 216 g/mol. The lowest BCUT2D eigenvalue weighted by Crippen LogP contribution is -2.23. The first-order chi connectivity index (χ1) is 6.35. The van der Waals surface area contributed by atoms with E-state index >= 15 is 0 Å².